The van der Waals surface area contributed by atoms with Crippen LogP contribution in [0.15, 0.2) is 51.1 Å². The average Bonchev–Trinajstić information content (AvgIpc) is 2.52. The summed E-state index contributed by atoms with van der Waals surface area (Å²) in [6.45, 7) is -0.564. The molecule has 0 bridgehead atoms. The summed E-state index contributed by atoms with van der Waals surface area (Å²) in [5.41, 5.74) is -0.371. The van der Waals surface area contributed by atoms with E-state index in [1.54, 1.807) is 6.08 Å². The highest BCUT2D eigenvalue weighted by Gasteiger charge is 2.40. The Kier molecular flexibility index (Phi) is 4.59. The number of alkyl halides is 6. The van der Waals surface area contributed by atoms with Crippen molar-refractivity contribution in [2.45, 2.75) is 12.5 Å². The summed E-state index contributed by atoms with van der Waals surface area (Å²) < 4.78 is 79.7. The lowest BCUT2D eigenvalue weighted by molar-refractivity contribution is -0.274. The first-order chi connectivity index (χ1) is 12.0. The smallest absolute Gasteiger partial charge is 0.406 e. The topological polar surface area (TPSA) is 37.2 Å². The minimum Gasteiger partial charge on any atom is -0.406 e. The SMILES string of the molecule is FC(F)(F)Oc1ccc(C2=CC=CC3=NN=C(C(F)(F)F)CN23)c(Br)c1. The molecule has 2 heterocycles. The summed E-state index contributed by atoms with van der Waals surface area (Å²) in [6.07, 6.45) is -4.91. The van der Waals surface area contributed by atoms with Gasteiger partial charge in [0.2, 0.25) is 0 Å². The van der Waals surface area contributed by atoms with Crippen molar-refractivity contribution in [3.63, 3.8) is 0 Å². The molecule has 2 aliphatic heterocycles. The van der Waals surface area contributed by atoms with E-state index >= 15 is 0 Å². The summed E-state index contributed by atoms with van der Waals surface area (Å²) in [5.74, 6) is -0.261. The molecule has 1 aromatic rings. The van der Waals surface area contributed by atoms with Crippen LogP contribution < -0.4 is 4.74 Å². The maximum atomic E-state index is 12.9. The number of ether oxygens (including phenoxy) is 1. The van der Waals surface area contributed by atoms with E-state index in [1.165, 1.54) is 23.1 Å². The number of fused-ring (bicyclic) bond motifs is 1. The second-order valence-corrected chi connectivity index (χ2v) is 6.04. The highest BCUT2D eigenvalue weighted by atomic mass is 79.9. The molecule has 4 nitrogen and oxygen atoms in total. The third-order valence-electron chi connectivity index (χ3n) is 3.43. The van der Waals surface area contributed by atoms with Crippen molar-refractivity contribution in [2.75, 3.05) is 6.54 Å². The van der Waals surface area contributed by atoms with E-state index in [2.05, 4.69) is 30.9 Å². The summed E-state index contributed by atoms with van der Waals surface area (Å²) >= 11 is 3.13. The Morgan fingerprint density at radius 2 is 1.81 bits per heavy atom. The second-order valence-electron chi connectivity index (χ2n) is 5.19. The van der Waals surface area contributed by atoms with Crippen LogP contribution in [-0.2, 0) is 0 Å². The summed E-state index contributed by atoms with van der Waals surface area (Å²) in [4.78, 5) is 1.28. The summed E-state index contributed by atoms with van der Waals surface area (Å²) in [7, 11) is 0. The summed E-state index contributed by atoms with van der Waals surface area (Å²) in [5, 5.41) is 6.76. The first-order valence-corrected chi connectivity index (χ1v) is 7.77. The van der Waals surface area contributed by atoms with E-state index in [0.717, 1.165) is 12.1 Å². The Morgan fingerprint density at radius 1 is 1.08 bits per heavy atom. The van der Waals surface area contributed by atoms with Gasteiger partial charge in [0.05, 0.1) is 12.2 Å². The quantitative estimate of drug-likeness (QED) is 0.615. The number of nitrogens with zero attached hydrogens (tertiary/aromatic N) is 3. The largest absolute Gasteiger partial charge is 0.573 e. The predicted octanol–water partition coefficient (Wildman–Crippen LogP) is 4.89. The fourth-order valence-electron chi connectivity index (χ4n) is 2.36. The van der Waals surface area contributed by atoms with Gasteiger partial charge in [0.1, 0.15) is 5.75 Å². The third kappa shape index (κ3) is 3.92. The molecule has 0 aliphatic carbocycles. The van der Waals surface area contributed by atoms with Gasteiger partial charge in [0.15, 0.2) is 11.5 Å². The first kappa shape index (κ1) is 18.5. The number of benzene rings is 1. The second kappa shape index (κ2) is 6.45. The van der Waals surface area contributed by atoms with Crippen molar-refractivity contribution >= 4 is 33.2 Å². The lowest BCUT2D eigenvalue weighted by atomic mass is 10.1. The predicted molar refractivity (Wildman–Crippen MR) is 85.6 cm³/mol. The van der Waals surface area contributed by atoms with Gasteiger partial charge >= 0.3 is 12.5 Å². The molecule has 0 amide bonds. The Balaban J connectivity index is 1.93. The zero-order chi connectivity index (χ0) is 19.1. The van der Waals surface area contributed by atoms with E-state index in [-0.39, 0.29) is 10.3 Å². The normalized spacial score (nSPS) is 17.3. The van der Waals surface area contributed by atoms with Crippen molar-refractivity contribution in [1.29, 1.82) is 0 Å². The molecule has 138 valence electrons. The fourth-order valence-corrected chi connectivity index (χ4v) is 2.92. The van der Waals surface area contributed by atoms with Crippen LogP contribution in [0.5, 0.6) is 5.75 Å². The van der Waals surface area contributed by atoms with Gasteiger partial charge in [0, 0.05) is 10.0 Å². The number of halogens is 7. The van der Waals surface area contributed by atoms with Crippen molar-refractivity contribution in [1.82, 2.24) is 4.90 Å². The average molecular weight is 440 g/mol. The highest BCUT2D eigenvalue weighted by molar-refractivity contribution is 9.10. The molecule has 1 aromatic carbocycles. The fraction of sp³-hybridized carbons (Fsp3) is 0.200. The van der Waals surface area contributed by atoms with Crippen molar-refractivity contribution in [3.05, 3.63) is 46.5 Å². The molecular weight excluding hydrogens is 432 g/mol. The van der Waals surface area contributed by atoms with Gasteiger partial charge in [0.25, 0.3) is 0 Å². The Labute approximate surface area is 151 Å². The number of hydrogen-bond donors (Lipinski definition) is 0. The highest BCUT2D eigenvalue weighted by Crippen LogP contribution is 2.35. The molecule has 11 heteroatoms. The minimum atomic E-state index is -4.85. The molecule has 0 N–H and O–H groups in total. The van der Waals surface area contributed by atoms with Crippen LogP contribution in [0.2, 0.25) is 0 Å². The number of hydrogen-bond acceptors (Lipinski definition) is 4. The maximum absolute atomic E-state index is 12.9. The molecule has 26 heavy (non-hydrogen) atoms. The van der Waals surface area contributed by atoms with E-state index in [1.807, 2.05) is 0 Å². The molecule has 0 saturated heterocycles. The van der Waals surface area contributed by atoms with Gasteiger partial charge < -0.3 is 9.64 Å². The van der Waals surface area contributed by atoms with Gasteiger partial charge in [-0.05, 0) is 46.3 Å². The standard InChI is InChI=1S/C15H8BrF6N3O/c16-10-6-8(26-15(20,21)22)4-5-9(10)11-2-1-3-13-24-23-12(7-25(11)13)14(17,18)19/h1-6H,7H2. The van der Waals surface area contributed by atoms with Gasteiger partial charge in [-0.2, -0.15) is 13.2 Å². The monoisotopic (exact) mass is 439 g/mol. The maximum Gasteiger partial charge on any atom is 0.573 e. The van der Waals surface area contributed by atoms with Crippen LogP contribution in [-0.4, -0.2) is 35.5 Å². The lowest BCUT2D eigenvalue weighted by Crippen LogP contribution is -2.42. The van der Waals surface area contributed by atoms with E-state index in [9.17, 15) is 26.3 Å². The zero-order valence-corrected chi connectivity index (χ0v) is 14.2. The Hall–Kier alpha value is -2.30. The number of allylic oxidation sites excluding steroid dienone is 2. The van der Waals surface area contributed by atoms with E-state index in [0.29, 0.717) is 11.3 Å². The molecule has 0 radical (unpaired) electrons. The molecule has 3 rings (SSSR count). The summed E-state index contributed by atoms with van der Waals surface area (Å²) in [6, 6.07) is 3.47. The van der Waals surface area contributed by atoms with Crippen molar-refractivity contribution in [3.8, 4) is 5.75 Å². The van der Waals surface area contributed by atoms with E-state index < -0.39 is 30.5 Å². The molecule has 0 spiro atoms. The van der Waals surface area contributed by atoms with Crippen molar-refractivity contribution in [2.24, 2.45) is 10.2 Å². The van der Waals surface area contributed by atoms with Gasteiger partial charge in [-0.3, -0.25) is 0 Å². The molecular formula is C15H8BrF6N3O. The molecule has 0 atom stereocenters. The Bertz CT molecular complexity index is 854. The third-order valence-corrected chi connectivity index (χ3v) is 4.08. The lowest BCUT2D eigenvalue weighted by Gasteiger charge is -2.32. The van der Waals surface area contributed by atoms with Crippen LogP contribution in [0.4, 0.5) is 26.3 Å². The minimum absolute atomic E-state index is 0.193. The number of rotatable bonds is 2. The van der Waals surface area contributed by atoms with Gasteiger partial charge in [-0.25, -0.2) is 0 Å². The molecule has 0 aromatic heterocycles. The zero-order valence-electron chi connectivity index (χ0n) is 12.6. The van der Waals surface area contributed by atoms with Gasteiger partial charge in [-0.15, -0.1) is 23.4 Å². The van der Waals surface area contributed by atoms with Crippen LogP contribution >= 0.6 is 15.9 Å². The number of amidine groups is 1. The Morgan fingerprint density at radius 3 is 2.42 bits per heavy atom. The van der Waals surface area contributed by atoms with Crippen LogP contribution in [0.1, 0.15) is 5.56 Å². The van der Waals surface area contributed by atoms with Crippen LogP contribution in [0.25, 0.3) is 5.70 Å². The van der Waals surface area contributed by atoms with E-state index in [4.69, 9.17) is 0 Å². The van der Waals surface area contributed by atoms with Crippen molar-refractivity contribution < 1.29 is 31.1 Å². The van der Waals surface area contributed by atoms with Crippen LogP contribution in [0, 0.1) is 0 Å². The molecule has 0 saturated carbocycles. The first-order valence-electron chi connectivity index (χ1n) is 6.98. The van der Waals surface area contributed by atoms with Crippen LogP contribution in [0.3, 0.4) is 0 Å². The van der Waals surface area contributed by atoms with Gasteiger partial charge in [-0.1, -0.05) is 6.08 Å². The molecule has 0 fully saturated rings. The molecule has 0 unspecified atom stereocenters. The molecule has 2 aliphatic rings.